The Kier molecular flexibility index (Phi) is 30.6. The van der Waals surface area contributed by atoms with Crippen LogP contribution in [0.2, 0.25) is 0 Å². The molecule has 0 aliphatic rings. The van der Waals surface area contributed by atoms with E-state index < -0.39 is 13.9 Å². The van der Waals surface area contributed by atoms with Crippen LogP contribution in [-0.2, 0) is 27.9 Å². The highest BCUT2D eigenvalue weighted by atomic mass is 31.2. The maximum atomic E-state index is 12.6. The monoisotopic (exact) mass is 675 g/mol. The van der Waals surface area contributed by atoms with Gasteiger partial charge in [-0.15, -0.1) is 0 Å². The molecule has 0 heterocycles. The molecular formula is C37H73NO7P+. The van der Waals surface area contributed by atoms with Gasteiger partial charge in [-0.05, 0) is 38.5 Å². The molecule has 1 N–H and O–H groups in total. The lowest BCUT2D eigenvalue weighted by Crippen LogP contribution is -2.37. The van der Waals surface area contributed by atoms with E-state index in [2.05, 4.69) is 38.2 Å². The molecule has 0 aliphatic carbocycles. The van der Waals surface area contributed by atoms with Crippen LogP contribution in [0.25, 0.3) is 0 Å². The SMILES string of the molecule is CCC/C=C\C/C=C\CCCCCCCCOCC(COP(=O)(O)OCC[N+](C)(C)C)OC(=O)CCCCCCCCCCCC. The molecule has 9 heteroatoms. The second kappa shape index (κ2) is 31.3. The van der Waals surface area contributed by atoms with Crippen molar-refractivity contribution in [1.82, 2.24) is 0 Å². The van der Waals surface area contributed by atoms with Crippen molar-refractivity contribution in [2.24, 2.45) is 0 Å². The molecule has 0 amide bonds. The van der Waals surface area contributed by atoms with Gasteiger partial charge in [-0.3, -0.25) is 13.8 Å². The zero-order valence-corrected chi connectivity index (χ0v) is 31.5. The van der Waals surface area contributed by atoms with Gasteiger partial charge in [0, 0.05) is 13.0 Å². The van der Waals surface area contributed by atoms with Crippen molar-refractivity contribution in [3.8, 4) is 0 Å². The molecule has 46 heavy (non-hydrogen) atoms. The summed E-state index contributed by atoms with van der Waals surface area (Å²) in [6.45, 7) is 5.52. The molecule has 0 rings (SSSR count). The summed E-state index contributed by atoms with van der Waals surface area (Å²) < 4.78 is 34.8. The molecule has 0 saturated heterocycles. The van der Waals surface area contributed by atoms with Crippen molar-refractivity contribution in [3.05, 3.63) is 24.3 Å². The largest absolute Gasteiger partial charge is 0.472 e. The van der Waals surface area contributed by atoms with E-state index in [1.807, 2.05) is 21.1 Å². The van der Waals surface area contributed by atoms with Gasteiger partial charge in [0.05, 0.1) is 34.4 Å². The quantitative estimate of drug-likeness (QED) is 0.0239. The Morgan fingerprint density at radius 3 is 1.85 bits per heavy atom. The first-order valence-corrected chi connectivity index (χ1v) is 20.1. The van der Waals surface area contributed by atoms with Crippen LogP contribution in [0.3, 0.4) is 0 Å². The number of hydrogen-bond acceptors (Lipinski definition) is 6. The fraction of sp³-hybridized carbons (Fsp3) is 0.865. The molecular weight excluding hydrogens is 601 g/mol. The Bertz CT molecular complexity index is 797. The van der Waals surface area contributed by atoms with Crippen LogP contribution >= 0.6 is 7.82 Å². The molecule has 2 atom stereocenters. The predicted octanol–water partition coefficient (Wildman–Crippen LogP) is 10.1. The summed E-state index contributed by atoms with van der Waals surface area (Å²) in [6, 6.07) is 0. The number of unbranched alkanes of at least 4 members (excludes halogenated alkanes) is 16. The van der Waals surface area contributed by atoms with E-state index in [1.54, 1.807) is 0 Å². The maximum absolute atomic E-state index is 12.6. The minimum Gasteiger partial charge on any atom is -0.457 e. The third-order valence-corrected chi connectivity index (χ3v) is 8.73. The van der Waals surface area contributed by atoms with Gasteiger partial charge in [0.2, 0.25) is 0 Å². The van der Waals surface area contributed by atoms with Crippen LogP contribution in [0.15, 0.2) is 24.3 Å². The van der Waals surface area contributed by atoms with Gasteiger partial charge in [0.15, 0.2) is 0 Å². The Morgan fingerprint density at radius 2 is 1.24 bits per heavy atom. The summed E-state index contributed by atoms with van der Waals surface area (Å²) in [5.41, 5.74) is 0. The summed E-state index contributed by atoms with van der Waals surface area (Å²) in [7, 11) is 1.66. The fourth-order valence-electron chi connectivity index (χ4n) is 4.82. The van der Waals surface area contributed by atoms with Gasteiger partial charge in [-0.2, -0.15) is 0 Å². The molecule has 8 nitrogen and oxygen atoms in total. The number of nitrogens with zero attached hydrogens (tertiary/aromatic N) is 1. The lowest BCUT2D eigenvalue weighted by atomic mass is 10.1. The summed E-state index contributed by atoms with van der Waals surface area (Å²) in [5, 5.41) is 0. The van der Waals surface area contributed by atoms with Crippen LogP contribution < -0.4 is 0 Å². The molecule has 0 aromatic heterocycles. The molecule has 272 valence electrons. The zero-order chi connectivity index (χ0) is 34.2. The maximum Gasteiger partial charge on any atom is 0.472 e. The van der Waals surface area contributed by atoms with Crippen LogP contribution in [-0.4, -0.2) is 75.6 Å². The first-order chi connectivity index (χ1) is 22.1. The molecule has 0 aromatic carbocycles. The second-order valence-corrected chi connectivity index (χ2v) is 15.1. The summed E-state index contributed by atoms with van der Waals surface area (Å²) in [4.78, 5) is 22.7. The average molecular weight is 675 g/mol. The molecule has 0 bridgehead atoms. The minimum atomic E-state index is -4.26. The van der Waals surface area contributed by atoms with Crippen molar-refractivity contribution < 1.29 is 37.3 Å². The second-order valence-electron chi connectivity index (χ2n) is 13.6. The predicted molar refractivity (Wildman–Crippen MR) is 192 cm³/mol. The van der Waals surface area contributed by atoms with Gasteiger partial charge in [-0.1, -0.05) is 128 Å². The molecule has 0 fully saturated rings. The number of rotatable bonds is 34. The van der Waals surface area contributed by atoms with Crippen molar-refractivity contribution in [2.75, 3.05) is 54.1 Å². The average Bonchev–Trinajstić information content (AvgIpc) is 2.99. The standard InChI is InChI=1S/C37H72NO7P/c1-6-8-10-12-14-16-18-19-20-21-23-25-27-29-32-42-34-36(35-44-46(40,41)43-33-31-38(3,4)5)45-37(39)30-28-26-24-22-17-15-13-11-9-7-2/h10,12,16,18,36H,6-9,11,13-15,17,19-35H2,1-5H3/p+1/b12-10-,18-16-. The van der Waals surface area contributed by atoms with Gasteiger partial charge in [-0.25, -0.2) is 4.57 Å². The Morgan fingerprint density at radius 1 is 0.674 bits per heavy atom. The van der Waals surface area contributed by atoms with Gasteiger partial charge >= 0.3 is 13.8 Å². The summed E-state index contributed by atoms with van der Waals surface area (Å²) in [6.07, 6.45) is 32.0. The normalized spacial score (nSPS) is 14.3. The number of phosphoric ester groups is 1. The smallest absolute Gasteiger partial charge is 0.457 e. The lowest BCUT2D eigenvalue weighted by Gasteiger charge is -2.24. The van der Waals surface area contributed by atoms with Gasteiger partial charge in [0.25, 0.3) is 0 Å². The lowest BCUT2D eigenvalue weighted by molar-refractivity contribution is -0.870. The molecule has 2 unspecified atom stereocenters. The van der Waals surface area contributed by atoms with Crippen LogP contribution in [0.4, 0.5) is 0 Å². The molecule has 0 saturated carbocycles. The third kappa shape index (κ3) is 34.3. The van der Waals surface area contributed by atoms with Crippen molar-refractivity contribution in [3.63, 3.8) is 0 Å². The highest BCUT2D eigenvalue weighted by Crippen LogP contribution is 2.43. The molecule has 0 spiro atoms. The topological polar surface area (TPSA) is 91.3 Å². The van der Waals surface area contributed by atoms with Gasteiger partial charge < -0.3 is 18.9 Å². The van der Waals surface area contributed by atoms with E-state index in [1.165, 1.54) is 83.5 Å². The molecule has 0 aliphatic heterocycles. The van der Waals surface area contributed by atoms with E-state index in [-0.39, 0.29) is 25.8 Å². The minimum absolute atomic E-state index is 0.0877. The summed E-state index contributed by atoms with van der Waals surface area (Å²) >= 11 is 0. The molecule has 0 radical (unpaired) electrons. The Labute approximate surface area is 283 Å². The number of esters is 1. The first-order valence-electron chi connectivity index (χ1n) is 18.6. The number of carbonyl (C=O) groups is 1. The van der Waals surface area contributed by atoms with Crippen molar-refractivity contribution in [2.45, 2.75) is 155 Å². The Hall–Kier alpha value is -1.02. The van der Waals surface area contributed by atoms with Crippen molar-refractivity contribution >= 4 is 13.8 Å². The number of phosphoric acid groups is 1. The van der Waals surface area contributed by atoms with Crippen molar-refractivity contribution in [1.29, 1.82) is 0 Å². The highest BCUT2D eigenvalue weighted by Gasteiger charge is 2.26. The van der Waals surface area contributed by atoms with E-state index in [0.29, 0.717) is 24.1 Å². The third-order valence-electron chi connectivity index (χ3n) is 7.75. The number of hydrogen-bond donors (Lipinski definition) is 1. The number of quaternary nitrogens is 1. The van der Waals surface area contributed by atoms with Crippen LogP contribution in [0.5, 0.6) is 0 Å². The summed E-state index contributed by atoms with van der Waals surface area (Å²) in [5.74, 6) is -0.321. The van der Waals surface area contributed by atoms with Crippen LogP contribution in [0, 0.1) is 0 Å². The van der Waals surface area contributed by atoms with E-state index in [9.17, 15) is 14.3 Å². The van der Waals surface area contributed by atoms with E-state index in [0.717, 1.165) is 44.9 Å². The molecule has 0 aromatic rings. The number of carbonyl (C=O) groups excluding carboxylic acids is 1. The number of ether oxygens (including phenoxy) is 2. The van der Waals surface area contributed by atoms with Crippen LogP contribution in [0.1, 0.15) is 149 Å². The van der Waals surface area contributed by atoms with Gasteiger partial charge in [0.1, 0.15) is 19.3 Å². The number of allylic oxidation sites excluding steroid dienone is 4. The number of likely N-dealkylation sites (N-methyl/N-ethyl adjacent to an activating group) is 1. The zero-order valence-electron chi connectivity index (χ0n) is 30.6. The van der Waals surface area contributed by atoms with E-state index in [4.69, 9.17) is 18.5 Å². The fourth-order valence-corrected chi connectivity index (χ4v) is 5.57. The highest BCUT2D eigenvalue weighted by molar-refractivity contribution is 7.47. The first kappa shape index (κ1) is 45.0. The Balaban J connectivity index is 4.31. The van der Waals surface area contributed by atoms with E-state index >= 15 is 0 Å².